The van der Waals surface area contributed by atoms with Gasteiger partial charge in [-0.2, -0.15) is 0 Å². The lowest BCUT2D eigenvalue weighted by Gasteiger charge is -2.26. The van der Waals surface area contributed by atoms with Crippen molar-refractivity contribution >= 4 is 11.8 Å². The van der Waals surface area contributed by atoms with Crippen molar-refractivity contribution in [2.24, 2.45) is 0 Å². The van der Waals surface area contributed by atoms with Crippen molar-refractivity contribution in [3.05, 3.63) is 21.3 Å². The van der Waals surface area contributed by atoms with Crippen LogP contribution in [-0.4, -0.2) is 55.5 Å². The fraction of sp³-hybridized carbons (Fsp3) is 0.778. The first kappa shape index (κ1) is 13.3. The molecule has 1 aliphatic heterocycles. The van der Waals surface area contributed by atoms with Gasteiger partial charge in [-0.05, 0) is 6.26 Å². The quantitative estimate of drug-likeness (QED) is 0.539. The Labute approximate surface area is 99.2 Å². The molecule has 0 aromatic rings. The summed E-state index contributed by atoms with van der Waals surface area (Å²) in [5, 5.41) is 13.9. The van der Waals surface area contributed by atoms with E-state index >= 15 is 0 Å². The molecular weight excluding hydrogens is 230 g/mol. The van der Waals surface area contributed by atoms with E-state index in [1.807, 2.05) is 6.26 Å². The van der Waals surface area contributed by atoms with Crippen molar-refractivity contribution in [3.63, 3.8) is 0 Å². The summed E-state index contributed by atoms with van der Waals surface area (Å²) in [6, 6.07) is 0. The van der Waals surface area contributed by atoms with Crippen LogP contribution in [0.4, 0.5) is 0 Å². The van der Waals surface area contributed by atoms with Crippen LogP contribution in [0.15, 0.2) is 11.2 Å². The van der Waals surface area contributed by atoms with Crippen LogP contribution >= 0.6 is 11.8 Å². The standard InChI is InChI=1S/C9H17N3O3S/c1-16-9(8-12(13)14)10-2-3-11-4-6-15-7-5-11/h8,10H,2-7H2,1H3/b9-8-. The highest BCUT2D eigenvalue weighted by Crippen LogP contribution is 2.06. The zero-order chi connectivity index (χ0) is 11.8. The van der Waals surface area contributed by atoms with Crippen LogP contribution in [0.2, 0.25) is 0 Å². The first-order valence-electron chi connectivity index (χ1n) is 5.15. The molecule has 1 heterocycles. The average Bonchev–Trinajstić information content (AvgIpc) is 2.28. The third-order valence-corrected chi connectivity index (χ3v) is 2.96. The number of hydrogen-bond acceptors (Lipinski definition) is 6. The fourth-order valence-corrected chi connectivity index (χ4v) is 1.87. The SMILES string of the molecule is CS/C(=C\[N+](=O)[O-])NCCN1CCOCC1. The van der Waals surface area contributed by atoms with Gasteiger partial charge in [-0.3, -0.25) is 15.0 Å². The van der Waals surface area contributed by atoms with E-state index in [4.69, 9.17) is 4.74 Å². The van der Waals surface area contributed by atoms with Crippen molar-refractivity contribution in [1.82, 2.24) is 10.2 Å². The second-order valence-corrected chi connectivity index (χ2v) is 4.21. The van der Waals surface area contributed by atoms with E-state index in [9.17, 15) is 10.1 Å². The summed E-state index contributed by atoms with van der Waals surface area (Å²) in [5.41, 5.74) is 0. The number of rotatable bonds is 6. The molecule has 1 saturated heterocycles. The van der Waals surface area contributed by atoms with Crippen LogP contribution in [0, 0.1) is 10.1 Å². The van der Waals surface area contributed by atoms with Gasteiger partial charge in [0.1, 0.15) is 5.03 Å². The van der Waals surface area contributed by atoms with Crippen LogP contribution in [0.25, 0.3) is 0 Å². The summed E-state index contributed by atoms with van der Waals surface area (Å²) in [6.07, 6.45) is 2.82. The molecule has 0 aromatic carbocycles. The van der Waals surface area contributed by atoms with Crippen molar-refractivity contribution in [3.8, 4) is 0 Å². The normalized spacial score (nSPS) is 18.4. The molecule has 0 unspecified atom stereocenters. The summed E-state index contributed by atoms with van der Waals surface area (Å²) in [7, 11) is 0. The predicted octanol–water partition coefficient (Wildman–Crippen LogP) is 0.347. The molecule has 6 nitrogen and oxygen atoms in total. The van der Waals surface area contributed by atoms with Gasteiger partial charge >= 0.3 is 0 Å². The first-order chi connectivity index (χ1) is 7.72. The number of thioether (sulfide) groups is 1. The maximum atomic E-state index is 10.3. The number of hydrogen-bond donors (Lipinski definition) is 1. The minimum absolute atomic E-state index is 0.437. The summed E-state index contributed by atoms with van der Waals surface area (Å²) in [6.45, 7) is 5.05. The van der Waals surface area contributed by atoms with Gasteiger partial charge in [-0.25, -0.2) is 0 Å². The summed E-state index contributed by atoms with van der Waals surface area (Å²) in [5.74, 6) is 0. The van der Waals surface area contributed by atoms with Gasteiger partial charge in [-0.15, -0.1) is 11.8 Å². The van der Waals surface area contributed by atoms with Gasteiger partial charge in [0.2, 0.25) is 0 Å². The van der Waals surface area contributed by atoms with Crippen molar-refractivity contribution in [2.75, 3.05) is 45.6 Å². The Bertz CT molecular complexity index is 254. The number of nitro groups is 1. The van der Waals surface area contributed by atoms with Gasteiger partial charge in [0.05, 0.1) is 18.1 Å². The van der Waals surface area contributed by atoms with Crippen molar-refractivity contribution in [2.45, 2.75) is 0 Å². The van der Waals surface area contributed by atoms with Crippen LogP contribution in [0.3, 0.4) is 0 Å². The average molecular weight is 247 g/mol. The Morgan fingerprint density at radius 1 is 1.62 bits per heavy atom. The molecule has 16 heavy (non-hydrogen) atoms. The lowest BCUT2D eigenvalue weighted by atomic mass is 10.4. The Morgan fingerprint density at radius 3 is 2.88 bits per heavy atom. The molecule has 0 aromatic heterocycles. The van der Waals surface area contributed by atoms with Crippen LogP contribution < -0.4 is 5.32 Å². The molecular formula is C9H17N3O3S. The molecule has 0 radical (unpaired) electrons. The van der Waals surface area contributed by atoms with E-state index in [1.165, 1.54) is 11.8 Å². The highest BCUT2D eigenvalue weighted by molar-refractivity contribution is 8.02. The van der Waals surface area contributed by atoms with E-state index < -0.39 is 4.92 Å². The highest BCUT2D eigenvalue weighted by atomic mass is 32.2. The van der Waals surface area contributed by atoms with Crippen molar-refractivity contribution < 1.29 is 9.66 Å². The Kier molecular flexibility index (Phi) is 6.20. The van der Waals surface area contributed by atoms with E-state index in [-0.39, 0.29) is 0 Å². The fourth-order valence-electron chi connectivity index (χ4n) is 1.43. The van der Waals surface area contributed by atoms with Gasteiger partial charge < -0.3 is 10.1 Å². The Hall–Kier alpha value is -0.790. The molecule has 0 bridgehead atoms. The Morgan fingerprint density at radius 2 is 2.31 bits per heavy atom. The van der Waals surface area contributed by atoms with Crippen LogP contribution in [0.5, 0.6) is 0 Å². The zero-order valence-corrected chi connectivity index (χ0v) is 10.2. The minimum Gasteiger partial charge on any atom is -0.379 e. The van der Waals surface area contributed by atoms with Gasteiger partial charge in [0.15, 0.2) is 0 Å². The summed E-state index contributed by atoms with van der Waals surface area (Å²) >= 11 is 1.35. The molecule has 1 rings (SSSR count). The topological polar surface area (TPSA) is 67.6 Å². The first-order valence-corrected chi connectivity index (χ1v) is 6.38. The predicted molar refractivity (Wildman–Crippen MR) is 63.9 cm³/mol. The molecule has 1 aliphatic rings. The molecule has 1 N–H and O–H groups in total. The smallest absolute Gasteiger partial charge is 0.263 e. The molecule has 0 aliphatic carbocycles. The maximum Gasteiger partial charge on any atom is 0.263 e. The number of nitrogens with one attached hydrogen (secondary N) is 1. The monoisotopic (exact) mass is 247 g/mol. The zero-order valence-electron chi connectivity index (χ0n) is 9.35. The van der Waals surface area contributed by atoms with E-state index in [0.717, 1.165) is 45.6 Å². The molecule has 0 spiro atoms. The third kappa shape index (κ3) is 5.34. The molecule has 0 atom stereocenters. The highest BCUT2D eigenvalue weighted by Gasteiger charge is 2.09. The van der Waals surface area contributed by atoms with Crippen LogP contribution in [-0.2, 0) is 4.74 Å². The summed E-state index contributed by atoms with van der Waals surface area (Å²) in [4.78, 5) is 12.1. The second-order valence-electron chi connectivity index (χ2n) is 3.36. The number of nitrogens with zero attached hydrogens (tertiary/aromatic N) is 2. The summed E-state index contributed by atoms with van der Waals surface area (Å²) < 4.78 is 5.23. The van der Waals surface area contributed by atoms with Crippen LogP contribution in [0.1, 0.15) is 0 Å². The largest absolute Gasteiger partial charge is 0.379 e. The Balaban J connectivity index is 2.19. The lowest BCUT2D eigenvalue weighted by Crippen LogP contribution is -2.40. The van der Waals surface area contributed by atoms with E-state index in [2.05, 4.69) is 10.2 Å². The van der Waals surface area contributed by atoms with E-state index in [1.54, 1.807) is 0 Å². The number of ether oxygens (including phenoxy) is 1. The van der Waals surface area contributed by atoms with Gasteiger partial charge in [0.25, 0.3) is 6.20 Å². The molecule has 7 heteroatoms. The minimum atomic E-state index is -0.437. The molecule has 0 amide bonds. The van der Waals surface area contributed by atoms with E-state index in [0.29, 0.717) is 5.03 Å². The molecule has 92 valence electrons. The maximum absolute atomic E-state index is 10.3. The third-order valence-electron chi connectivity index (χ3n) is 2.27. The molecule has 0 saturated carbocycles. The second kappa shape index (κ2) is 7.48. The van der Waals surface area contributed by atoms with Gasteiger partial charge in [-0.1, -0.05) is 0 Å². The lowest BCUT2D eigenvalue weighted by molar-refractivity contribution is -0.403. The number of morpholine rings is 1. The van der Waals surface area contributed by atoms with Crippen molar-refractivity contribution in [1.29, 1.82) is 0 Å². The van der Waals surface area contributed by atoms with Gasteiger partial charge in [0, 0.05) is 26.2 Å². The molecule has 1 fully saturated rings.